The van der Waals surface area contributed by atoms with Crippen molar-refractivity contribution in [3.05, 3.63) is 29.8 Å². The molecule has 0 fully saturated rings. The number of nitrogens with one attached hydrogen (secondary N) is 1. The molecule has 4 nitrogen and oxygen atoms in total. The van der Waals surface area contributed by atoms with Gasteiger partial charge in [0.25, 0.3) is 5.91 Å². The maximum absolute atomic E-state index is 11.9. The van der Waals surface area contributed by atoms with Crippen LogP contribution in [-0.2, 0) is 4.79 Å². The molecule has 0 radical (unpaired) electrons. The first kappa shape index (κ1) is 15.2. The van der Waals surface area contributed by atoms with Crippen molar-refractivity contribution in [3.63, 3.8) is 0 Å². The van der Waals surface area contributed by atoms with Crippen molar-refractivity contribution in [2.45, 2.75) is 45.8 Å². The van der Waals surface area contributed by atoms with Gasteiger partial charge >= 0.3 is 0 Å². The zero-order chi connectivity index (χ0) is 14.3. The van der Waals surface area contributed by atoms with E-state index in [2.05, 4.69) is 5.32 Å². The molecule has 0 saturated carbocycles. The highest BCUT2D eigenvalue weighted by atomic mass is 16.5. The fourth-order valence-corrected chi connectivity index (χ4v) is 1.69. The molecule has 0 aliphatic heterocycles. The molecule has 1 N–H and O–H groups in total. The van der Waals surface area contributed by atoms with E-state index in [1.54, 1.807) is 31.2 Å². The number of hydrogen-bond acceptors (Lipinski definition) is 3. The summed E-state index contributed by atoms with van der Waals surface area (Å²) >= 11 is 0. The zero-order valence-electron chi connectivity index (χ0n) is 11.7. The second-order valence-electron chi connectivity index (χ2n) is 4.47. The minimum absolute atomic E-state index is 0.117. The van der Waals surface area contributed by atoms with Gasteiger partial charge in [-0.05, 0) is 44.0 Å². The number of carbonyl (C=O) groups is 2. The number of carbonyl (C=O) groups excluding carboxylic acids is 2. The van der Waals surface area contributed by atoms with Crippen molar-refractivity contribution >= 4 is 12.2 Å². The maximum atomic E-state index is 11.9. The lowest BCUT2D eigenvalue weighted by atomic mass is 10.1. The van der Waals surface area contributed by atoms with Crippen LogP contribution in [0.2, 0.25) is 0 Å². The van der Waals surface area contributed by atoms with Crippen molar-refractivity contribution in [3.8, 4) is 5.75 Å². The van der Waals surface area contributed by atoms with E-state index in [4.69, 9.17) is 4.74 Å². The molecule has 1 unspecified atom stereocenters. The Hall–Kier alpha value is -1.84. The van der Waals surface area contributed by atoms with E-state index in [1.165, 1.54) is 0 Å². The Labute approximate surface area is 114 Å². The molecular weight excluding hydrogens is 242 g/mol. The van der Waals surface area contributed by atoms with E-state index in [-0.39, 0.29) is 11.9 Å². The number of aldehydes is 1. The van der Waals surface area contributed by atoms with Gasteiger partial charge in [-0.15, -0.1) is 0 Å². The number of benzene rings is 1. The molecule has 1 rings (SSSR count). The quantitative estimate of drug-likeness (QED) is 0.769. The minimum Gasteiger partial charge on any atom is -0.481 e. The first-order valence-corrected chi connectivity index (χ1v) is 6.63. The third-order valence-corrected chi connectivity index (χ3v) is 3.03. The molecule has 0 aromatic heterocycles. The number of hydrogen-bond donors (Lipinski definition) is 1. The third kappa shape index (κ3) is 4.73. The molecule has 4 heteroatoms. The molecule has 1 atom stereocenters. The van der Waals surface area contributed by atoms with Gasteiger partial charge in [-0.1, -0.05) is 13.8 Å². The molecule has 0 aliphatic carbocycles. The normalized spacial score (nSPS) is 12.0. The van der Waals surface area contributed by atoms with Gasteiger partial charge in [-0.3, -0.25) is 9.59 Å². The predicted octanol–water partition coefficient (Wildman–Crippen LogP) is 2.57. The largest absolute Gasteiger partial charge is 0.481 e. The molecule has 19 heavy (non-hydrogen) atoms. The van der Waals surface area contributed by atoms with Gasteiger partial charge in [-0.2, -0.15) is 0 Å². The Bertz CT molecular complexity index is 410. The Balaban J connectivity index is 2.55. The average Bonchev–Trinajstić information content (AvgIpc) is 2.45. The van der Waals surface area contributed by atoms with Crippen LogP contribution in [0.3, 0.4) is 0 Å². The molecule has 0 aliphatic rings. The Kier molecular flexibility index (Phi) is 6.06. The van der Waals surface area contributed by atoms with Gasteiger partial charge in [-0.25, -0.2) is 0 Å². The van der Waals surface area contributed by atoms with E-state index < -0.39 is 6.10 Å². The Morgan fingerprint density at radius 2 is 1.84 bits per heavy atom. The second kappa shape index (κ2) is 7.56. The summed E-state index contributed by atoms with van der Waals surface area (Å²) in [7, 11) is 0. The molecule has 0 spiro atoms. The van der Waals surface area contributed by atoms with Gasteiger partial charge < -0.3 is 10.1 Å². The highest BCUT2D eigenvalue weighted by Gasteiger charge is 2.17. The molecule has 0 saturated heterocycles. The summed E-state index contributed by atoms with van der Waals surface area (Å²) in [6, 6.07) is 6.88. The van der Waals surface area contributed by atoms with Gasteiger partial charge in [0.05, 0.1) is 0 Å². The van der Waals surface area contributed by atoms with Crippen molar-refractivity contribution in [2.24, 2.45) is 0 Å². The monoisotopic (exact) mass is 263 g/mol. The summed E-state index contributed by atoms with van der Waals surface area (Å²) in [6.45, 7) is 5.79. The fraction of sp³-hybridized carbons (Fsp3) is 0.467. The molecular formula is C15H21NO3. The summed E-state index contributed by atoms with van der Waals surface area (Å²) in [5, 5.41) is 2.94. The van der Waals surface area contributed by atoms with E-state index in [9.17, 15) is 9.59 Å². The summed E-state index contributed by atoms with van der Waals surface area (Å²) in [6.07, 6.45) is 2.03. The van der Waals surface area contributed by atoms with Gasteiger partial charge in [0.2, 0.25) is 0 Å². The Morgan fingerprint density at radius 3 is 2.32 bits per heavy atom. The first-order chi connectivity index (χ1) is 9.10. The maximum Gasteiger partial charge on any atom is 0.260 e. The number of amides is 1. The van der Waals surface area contributed by atoms with E-state index in [0.29, 0.717) is 11.3 Å². The van der Waals surface area contributed by atoms with Crippen LogP contribution in [0.1, 0.15) is 44.0 Å². The molecule has 1 aromatic rings. The SMILES string of the molecule is CCC(CC)NC(=O)C(C)Oc1ccc(C=O)cc1. The van der Waals surface area contributed by atoms with Crippen LogP contribution in [0.4, 0.5) is 0 Å². The summed E-state index contributed by atoms with van der Waals surface area (Å²) in [4.78, 5) is 22.4. The first-order valence-electron chi connectivity index (χ1n) is 6.63. The van der Waals surface area contributed by atoms with Crippen LogP contribution in [0.25, 0.3) is 0 Å². The van der Waals surface area contributed by atoms with Crippen LogP contribution in [0, 0.1) is 0 Å². The van der Waals surface area contributed by atoms with Crippen LogP contribution in [0.15, 0.2) is 24.3 Å². The van der Waals surface area contributed by atoms with Crippen molar-refractivity contribution in [1.82, 2.24) is 5.32 Å². The average molecular weight is 263 g/mol. The summed E-state index contributed by atoms with van der Waals surface area (Å²) < 4.78 is 5.54. The second-order valence-corrected chi connectivity index (χ2v) is 4.47. The van der Waals surface area contributed by atoms with Crippen LogP contribution in [0.5, 0.6) is 5.75 Å². The van der Waals surface area contributed by atoms with Crippen LogP contribution in [-0.4, -0.2) is 24.3 Å². The van der Waals surface area contributed by atoms with Crippen molar-refractivity contribution in [1.29, 1.82) is 0 Å². The topological polar surface area (TPSA) is 55.4 Å². The molecule has 1 aromatic carbocycles. The van der Waals surface area contributed by atoms with Crippen LogP contribution < -0.4 is 10.1 Å². The Morgan fingerprint density at radius 1 is 1.26 bits per heavy atom. The van der Waals surface area contributed by atoms with E-state index >= 15 is 0 Å². The van der Waals surface area contributed by atoms with Gasteiger partial charge in [0.1, 0.15) is 12.0 Å². The van der Waals surface area contributed by atoms with Crippen molar-refractivity contribution < 1.29 is 14.3 Å². The van der Waals surface area contributed by atoms with Gasteiger partial charge in [0, 0.05) is 11.6 Å². The fourth-order valence-electron chi connectivity index (χ4n) is 1.69. The lowest BCUT2D eigenvalue weighted by Crippen LogP contribution is -2.42. The van der Waals surface area contributed by atoms with Crippen molar-refractivity contribution in [2.75, 3.05) is 0 Å². The standard InChI is InChI=1S/C15H21NO3/c1-4-13(5-2)16-15(18)11(3)19-14-8-6-12(10-17)7-9-14/h6-11,13H,4-5H2,1-3H3,(H,16,18). The summed E-state index contributed by atoms with van der Waals surface area (Å²) in [5.41, 5.74) is 0.585. The molecule has 1 amide bonds. The highest BCUT2D eigenvalue weighted by Crippen LogP contribution is 2.13. The zero-order valence-corrected chi connectivity index (χ0v) is 11.7. The van der Waals surface area contributed by atoms with Gasteiger partial charge in [0.15, 0.2) is 6.10 Å². The van der Waals surface area contributed by atoms with Crippen LogP contribution >= 0.6 is 0 Å². The lowest BCUT2D eigenvalue weighted by Gasteiger charge is -2.19. The smallest absolute Gasteiger partial charge is 0.260 e. The highest BCUT2D eigenvalue weighted by molar-refractivity contribution is 5.81. The molecule has 0 bridgehead atoms. The minimum atomic E-state index is -0.553. The molecule has 104 valence electrons. The van der Waals surface area contributed by atoms with E-state index in [0.717, 1.165) is 19.1 Å². The van der Waals surface area contributed by atoms with E-state index in [1.807, 2.05) is 13.8 Å². The number of rotatable bonds is 7. The predicted molar refractivity (Wildman–Crippen MR) is 74.4 cm³/mol. The third-order valence-electron chi connectivity index (χ3n) is 3.03. The summed E-state index contributed by atoms with van der Waals surface area (Å²) in [5.74, 6) is 0.464. The number of ether oxygens (including phenoxy) is 1. The molecule has 0 heterocycles. The lowest BCUT2D eigenvalue weighted by molar-refractivity contribution is -0.128.